The highest BCUT2D eigenvalue weighted by atomic mass is 16.3. The van der Waals surface area contributed by atoms with Crippen molar-refractivity contribution in [3.63, 3.8) is 0 Å². The summed E-state index contributed by atoms with van der Waals surface area (Å²) < 4.78 is 4.82. The third-order valence-corrected chi connectivity index (χ3v) is 2.30. The maximum atomic E-state index is 11.5. The summed E-state index contributed by atoms with van der Waals surface area (Å²) in [6.45, 7) is 0.505. The zero-order valence-corrected chi connectivity index (χ0v) is 9.30. The molecule has 1 N–H and O–H groups in total. The van der Waals surface area contributed by atoms with E-state index in [0.29, 0.717) is 19.4 Å². The molecule has 88 valence electrons. The average molecular weight is 231 g/mol. The lowest BCUT2D eigenvalue weighted by molar-refractivity contribution is -0.121. The number of hydrogen-bond acceptors (Lipinski definition) is 4. The second-order valence-electron chi connectivity index (χ2n) is 3.62. The van der Waals surface area contributed by atoms with Gasteiger partial charge in [-0.1, -0.05) is 6.07 Å². The first-order chi connectivity index (χ1) is 8.34. The molecule has 0 fully saturated rings. The molecule has 0 aliphatic heterocycles. The maximum absolute atomic E-state index is 11.5. The fourth-order valence-electron chi connectivity index (χ4n) is 1.39. The number of carbonyl (C=O) groups is 1. The number of nitrogens with zero attached hydrogens (tertiary/aromatic N) is 2. The molecule has 0 aliphatic rings. The Hall–Kier alpha value is -2.17. The van der Waals surface area contributed by atoms with Gasteiger partial charge in [-0.05, 0) is 11.6 Å². The van der Waals surface area contributed by atoms with Crippen molar-refractivity contribution in [3.05, 3.63) is 48.4 Å². The molecular formula is C12H13N3O2. The summed E-state index contributed by atoms with van der Waals surface area (Å²) in [6, 6.07) is 3.77. The smallest absolute Gasteiger partial charge is 0.220 e. The quantitative estimate of drug-likeness (QED) is 0.842. The van der Waals surface area contributed by atoms with E-state index in [-0.39, 0.29) is 5.91 Å². The van der Waals surface area contributed by atoms with Gasteiger partial charge in [0.05, 0.1) is 5.69 Å². The molecule has 0 saturated carbocycles. The summed E-state index contributed by atoms with van der Waals surface area (Å²) in [5.74, 6) is -0.00291. The van der Waals surface area contributed by atoms with Crippen LogP contribution in [-0.4, -0.2) is 15.9 Å². The molecule has 0 unspecified atom stereocenters. The molecule has 0 saturated heterocycles. The maximum Gasteiger partial charge on any atom is 0.220 e. The van der Waals surface area contributed by atoms with Crippen LogP contribution in [-0.2, 0) is 17.8 Å². The van der Waals surface area contributed by atoms with E-state index in [1.807, 2.05) is 12.1 Å². The average Bonchev–Trinajstić information content (AvgIpc) is 2.88. The van der Waals surface area contributed by atoms with Crippen molar-refractivity contribution in [1.82, 2.24) is 15.3 Å². The minimum atomic E-state index is -0.00291. The molecule has 0 radical (unpaired) electrons. The fourth-order valence-corrected chi connectivity index (χ4v) is 1.39. The largest absolute Gasteiger partial charge is 0.451 e. The lowest BCUT2D eigenvalue weighted by Crippen LogP contribution is -2.23. The molecule has 0 atom stereocenters. The summed E-state index contributed by atoms with van der Waals surface area (Å²) in [7, 11) is 0. The highest BCUT2D eigenvalue weighted by molar-refractivity contribution is 5.76. The van der Waals surface area contributed by atoms with E-state index in [1.165, 1.54) is 6.39 Å². The number of carbonyl (C=O) groups excluding carboxylic acids is 1. The van der Waals surface area contributed by atoms with Gasteiger partial charge in [-0.2, -0.15) is 0 Å². The van der Waals surface area contributed by atoms with Gasteiger partial charge in [0.2, 0.25) is 5.91 Å². The second-order valence-corrected chi connectivity index (χ2v) is 3.62. The summed E-state index contributed by atoms with van der Waals surface area (Å²) in [5.41, 5.74) is 1.78. The van der Waals surface area contributed by atoms with Crippen LogP contribution < -0.4 is 5.32 Å². The van der Waals surface area contributed by atoms with Crippen molar-refractivity contribution in [3.8, 4) is 0 Å². The Bertz CT molecular complexity index is 454. The molecule has 2 heterocycles. The summed E-state index contributed by atoms with van der Waals surface area (Å²) in [4.78, 5) is 19.4. The molecule has 2 aromatic heterocycles. The van der Waals surface area contributed by atoms with Gasteiger partial charge in [0.15, 0.2) is 6.39 Å². The second kappa shape index (κ2) is 5.79. The molecule has 17 heavy (non-hydrogen) atoms. The summed E-state index contributed by atoms with van der Waals surface area (Å²) >= 11 is 0. The number of nitrogens with one attached hydrogen (secondary N) is 1. The van der Waals surface area contributed by atoms with E-state index in [4.69, 9.17) is 4.42 Å². The number of amides is 1. The van der Waals surface area contributed by atoms with Crippen molar-refractivity contribution >= 4 is 5.91 Å². The third-order valence-electron chi connectivity index (χ3n) is 2.30. The van der Waals surface area contributed by atoms with Crippen LogP contribution >= 0.6 is 0 Å². The molecule has 2 aromatic rings. The SMILES string of the molecule is O=C(CCc1cocn1)NCc1cccnc1. The first kappa shape index (κ1) is 11.3. The lowest BCUT2D eigenvalue weighted by atomic mass is 10.2. The predicted molar refractivity (Wildman–Crippen MR) is 60.9 cm³/mol. The van der Waals surface area contributed by atoms with E-state index < -0.39 is 0 Å². The molecule has 0 spiro atoms. The van der Waals surface area contributed by atoms with Crippen LogP contribution in [0, 0.1) is 0 Å². The number of pyridine rings is 1. The minimum absolute atomic E-state index is 0.00291. The van der Waals surface area contributed by atoms with E-state index in [0.717, 1.165) is 11.3 Å². The standard InChI is InChI=1S/C12H13N3O2/c16-12(4-3-11-8-17-9-15-11)14-7-10-2-1-5-13-6-10/h1-2,5-6,8-9H,3-4,7H2,(H,14,16). The van der Waals surface area contributed by atoms with E-state index >= 15 is 0 Å². The van der Waals surface area contributed by atoms with Gasteiger partial charge in [0.1, 0.15) is 6.26 Å². The Morgan fingerprint density at radius 1 is 1.47 bits per heavy atom. The van der Waals surface area contributed by atoms with Crippen LogP contribution in [0.25, 0.3) is 0 Å². The van der Waals surface area contributed by atoms with Crippen LogP contribution in [0.1, 0.15) is 17.7 Å². The minimum Gasteiger partial charge on any atom is -0.451 e. The van der Waals surface area contributed by atoms with Crippen LogP contribution in [0.15, 0.2) is 41.6 Å². The van der Waals surface area contributed by atoms with E-state index in [1.54, 1.807) is 18.7 Å². The Kier molecular flexibility index (Phi) is 3.85. The van der Waals surface area contributed by atoms with Gasteiger partial charge < -0.3 is 9.73 Å². The molecule has 1 amide bonds. The molecule has 5 nitrogen and oxygen atoms in total. The van der Waals surface area contributed by atoms with Gasteiger partial charge in [-0.3, -0.25) is 9.78 Å². The van der Waals surface area contributed by atoms with Crippen LogP contribution in [0.2, 0.25) is 0 Å². The third kappa shape index (κ3) is 3.71. The van der Waals surface area contributed by atoms with Crippen molar-refractivity contribution in [2.24, 2.45) is 0 Å². The van der Waals surface area contributed by atoms with E-state index in [9.17, 15) is 4.79 Å². The zero-order valence-electron chi connectivity index (χ0n) is 9.30. The number of rotatable bonds is 5. The van der Waals surface area contributed by atoms with Crippen LogP contribution in [0.3, 0.4) is 0 Å². The Labute approximate surface area is 98.9 Å². The highest BCUT2D eigenvalue weighted by Crippen LogP contribution is 2.00. The van der Waals surface area contributed by atoms with Crippen molar-refractivity contribution in [2.45, 2.75) is 19.4 Å². The van der Waals surface area contributed by atoms with Crippen LogP contribution in [0.4, 0.5) is 0 Å². The number of aryl methyl sites for hydroxylation is 1. The van der Waals surface area contributed by atoms with Gasteiger partial charge in [0.25, 0.3) is 0 Å². The molecular weight excluding hydrogens is 218 g/mol. The fraction of sp³-hybridized carbons (Fsp3) is 0.250. The van der Waals surface area contributed by atoms with Crippen molar-refractivity contribution in [1.29, 1.82) is 0 Å². The molecule has 0 aromatic carbocycles. The topological polar surface area (TPSA) is 68.0 Å². The molecule has 0 bridgehead atoms. The summed E-state index contributed by atoms with van der Waals surface area (Å²) in [5, 5.41) is 2.82. The van der Waals surface area contributed by atoms with Crippen molar-refractivity contribution < 1.29 is 9.21 Å². The monoisotopic (exact) mass is 231 g/mol. The predicted octanol–water partition coefficient (Wildman–Crippen LogP) is 1.32. The Morgan fingerprint density at radius 2 is 2.41 bits per heavy atom. The van der Waals surface area contributed by atoms with Gasteiger partial charge >= 0.3 is 0 Å². The lowest BCUT2D eigenvalue weighted by Gasteiger charge is -2.03. The Balaban J connectivity index is 1.71. The highest BCUT2D eigenvalue weighted by Gasteiger charge is 2.03. The normalized spacial score (nSPS) is 10.1. The van der Waals surface area contributed by atoms with Crippen molar-refractivity contribution in [2.75, 3.05) is 0 Å². The molecule has 0 aliphatic carbocycles. The van der Waals surface area contributed by atoms with E-state index in [2.05, 4.69) is 15.3 Å². The van der Waals surface area contributed by atoms with Gasteiger partial charge in [0, 0.05) is 31.8 Å². The zero-order chi connectivity index (χ0) is 11.9. The first-order valence-corrected chi connectivity index (χ1v) is 5.37. The van der Waals surface area contributed by atoms with Crippen LogP contribution in [0.5, 0.6) is 0 Å². The summed E-state index contributed by atoms with van der Waals surface area (Å²) in [6.07, 6.45) is 7.35. The number of aromatic nitrogens is 2. The first-order valence-electron chi connectivity index (χ1n) is 5.37. The van der Waals surface area contributed by atoms with Gasteiger partial charge in [-0.15, -0.1) is 0 Å². The Morgan fingerprint density at radius 3 is 3.12 bits per heavy atom. The number of oxazole rings is 1. The van der Waals surface area contributed by atoms with Gasteiger partial charge in [-0.25, -0.2) is 4.98 Å². The molecule has 2 rings (SSSR count). The molecule has 5 heteroatoms. The number of hydrogen-bond donors (Lipinski definition) is 1.